The number of nitrogens with one attached hydrogen (secondary N) is 1. The van der Waals surface area contributed by atoms with Gasteiger partial charge < -0.3 is 11.1 Å². The van der Waals surface area contributed by atoms with Crippen LogP contribution in [0.15, 0.2) is 5.38 Å². The monoisotopic (exact) mass is 318 g/mol. The van der Waals surface area contributed by atoms with E-state index in [2.05, 4.69) is 10.3 Å². The number of sulfonamides is 1. The Hall–Kier alpha value is -1.19. The molecule has 1 aromatic heterocycles. The van der Waals surface area contributed by atoms with Crippen LogP contribution in [-0.2, 0) is 21.2 Å². The third-order valence-electron chi connectivity index (χ3n) is 3.20. The fourth-order valence-corrected chi connectivity index (χ4v) is 3.62. The van der Waals surface area contributed by atoms with Gasteiger partial charge in [0.1, 0.15) is 0 Å². The molecule has 1 aliphatic rings. The predicted octanol–water partition coefficient (Wildman–Crippen LogP) is -0.192. The number of nitrogens with zero attached hydrogens (tertiary/aromatic N) is 2. The number of thiazole rings is 1. The lowest BCUT2D eigenvalue weighted by atomic mass is 10.1. The zero-order chi connectivity index (χ0) is 14.8. The van der Waals surface area contributed by atoms with Gasteiger partial charge in [-0.2, -0.15) is 0 Å². The van der Waals surface area contributed by atoms with Crippen molar-refractivity contribution >= 4 is 32.4 Å². The van der Waals surface area contributed by atoms with Gasteiger partial charge in [-0.15, -0.1) is 11.3 Å². The number of piperidine rings is 1. The highest BCUT2D eigenvalue weighted by atomic mass is 32.2. The van der Waals surface area contributed by atoms with E-state index in [1.54, 1.807) is 5.38 Å². The molecule has 0 spiro atoms. The van der Waals surface area contributed by atoms with Crippen molar-refractivity contribution in [2.75, 3.05) is 25.1 Å². The first-order valence-corrected chi connectivity index (χ1v) is 9.02. The molecule has 0 aromatic carbocycles. The summed E-state index contributed by atoms with van der Waals surface area (Å²) in [6, 6.07) is 0.0245. The van der Waals surface area contributed by atoms with Gasteiger partial charge in [0.05, 0.1) is 18.4 Å². The molecular formula is C11H18N4O3S2. The molecular weight excluding hydrogens is 300 g/mol. The summed E-state index contributed by atoms with van der Waals surface area (Å²) in [7, 11) is -3.13. The van der Waals surface area contributed by atoms with Crippen molar-refractivity contribution < 1.29 is 13.2 Å². The number of hydrogen-bond donors (Lipinski definition) is 2. The van der Waals surface area contributed by atoms with E-state index in [1.165, 1.54) is 21.9 Å². The fraction of sp³-hybridized carbons (Fsp3) is 0.636. The van der Waals surface area contributed by atoms with Gasteiger partial charge in [0, 0.05) is 24.5 Å². The number of nitrogens with two attached hydrogens (primary N) is 1. The summed E-state index contributed by atoms with van der Waals surface area (Å²) in [6.07, 6.45) is 2.69. The smallest absolute Gasteiger partial charge is 0.226 e. The van der Waals surface area contributed by atoms with Gasteiger partial charge in [0.25, 0.3) is 0 Å². The Kier molecular flexibility index (Phi) is 4.61. The van der Waals surface area contributed by atoms with Gasteiger partial charge in [0.2, 0.25) is 15.9 Å². The summed E-state index contributed by atoms with van der Waals surface area (Å²) < 4.78 is 24.2. The number of rotatable bonds is 4. The Balaban J connectivity index is 1.79. The molecule has 1 fully saturated rings. The largest absolute Gasteiger partial charge is 0.375 e. The van der Waals surface area contributed by atoms with E-state index in [4.69, 9.17) is 5.73 Å². The van der Waals surface area contributed by atoms with Crippen molar-refractivity contribution in [2.45, 2.75) is 25.3 Å². The topological polar surface area (TPSA) is 105 Å². The van der Waals surface area contributed by atoms with Gasteiger partial charge in [-0.1, -0.05) is 0 Å². The van der Waals surface area contributed by atoms with Gasteiger partial charge in [-0.25, -0.2) is 17.7 Å². The lowest BCUT2D eigenvalue weighted by molar-refractivity contribution is -0.121. The number of aromatic nitrogens is 1. The second-order valence-corrected chi connectivity index (χ2v) is 7.73. The van der Waals surface area contributed by atoms with Crippen LogP contribution in [-0.4, -0.2) is 49.0 Å². The third-order valence-corrected chi connectivity index (χ3v) is 5.23. The molecule has 0 saturated carbocycles. The van der Waals surface area contributed by atoms with E-state index in [-0.39, 0.29) is 18.4 Å². The zero-order valence-electron chi connectivity index (χ0n) is 11.2. The van der Waals surface area contributed by atoms with Crippen molar-refractivity contribution in [1.29, 1.82) is 0 Å². The van der Waals surface area contributed by atoms with Crippen molar-refractivity contribution in [1.82, 2.24) is 14.6 Å². The zero-order valence-corrected chi connectivity index (χ0v) is 12.8. The lowest BCUT2D eigenvalue weighted by Crippen LogP contribution is -2.46. The molecule has 9 heteroatoms. The molecule has 2 rings (SSSR count). The van der Waals surface area contributed by atoms with E-state index in [0.717, 1.165) is 0 Å². The second-order valence-electron chi connectivity index (χ2n) is 4.86. The molecule has 0 radical (unpaired) electrons. The summed E-state index contributed by atoms with van der Waals surface area (Å²) in [6.45, 7) is 0.904. The Morgan fingerprint density at radius 2 is 2.20 bits per heavy atom. The highest BCUT2D eigenvalue weighted by Gasteiger charge is 2.25. The highest BCUT2D eigenvalue weighted by Crippen LogP contribution is 2.14. The molecule has 1 amide bonds. The summed E-state index contributed by atoms with van der Waals surface area (Å²) in [5.74, 6) is -0.104. The van der Waals surface area contributed by atoms with Gasteiger partial charge >= 0.3 is 0 Å². The molecule has 0 aliphatic carbocycles. The summed E-state index contributed by atoms with van der Waals surface area (Å²) >= 11 is 1.31. The van der Waals surface area contributed by atoms with Crippen LogP contribution in [0, 0.1) is 0 Å². The SMILES string of the molecule is CS(=O)(=O)N1CCC(NC(=O)Cc2csc(N)n2)CC1. The van der Waals surface area contributed by atoms with Crippen molar-refractivity contribution in [3.8, 4) is 0 Å². The summed E-state index contributed by atoms with van der Waals surface area (Å²) in [5.41, 5.74) is 6.17. The fourth-order valence-electron chi connectivity index (χ4n) is 2.18. The predicted molar refractivity (Wildman–Crippen MR) is 77.8 cm³/mol. The molecule has 7 nitrogen and oxygen atoms in total. The molecule has 3 N–H and O–H groups in total. The normalized spacial score (nSPS) is 18.1. The van der Waals surface area contributed by atoms with E-state index in [1.807, 2.05) is 0 Å². The first-order valence-electron chi connectivity index (χ1n) is 6.29. The number of carbonyl (C=O) groups is 1. The maximum atomic E-state index is 11.8. The summed E-state index contributed by atoms with van der Waals surface area (Å²) in [4.78, 5) is 15.9. The van der Waals surface area contributed by atoms with E-state index >= 15 is 0 Å². The minimum Gasteiger partial charge on any atom is -0.375 e. The molecule has 0 atom stereocenters. The first kappa shape index (κ1) is 15.2. The number of carbonyl (C=O) groups excluding carboxylic acids is 1. The molecule has 2 heterocycles. The average Bonchev–Trinajstić information content (AvgIpc) is 2.74. The Labute approximate surface area is 122 Å². The lowest BCUT2D eigenvalue weighted by Gasteiger charge is -2.30. The Bertz CT molecular complexity index is 576. The molecule has 0 bridgehead atoms. The molecule has 1 aromatic rings. The first-order chi connectivity index (χ1) is 9.34. The quantitative estimate of drug-likeness (QED) is 0.800. The molecule has 1 saturated heterocycles. The maximum absolute atomic E-state index is 11.8. The maximum Gasteiger partial charge on any atom is 0.226 e. The highest BCUT2D eigenvalue weighted by molar-refractivity contribution is 7.88. The van der Waals surface area contributed by atoms with Gasteiger partial charge in [-0.3, -0.25) is 4.79 Å². The number of hydrogen-bond acceptors (Lipinski definition) is 6. The van der Waals surface area contributed by atoms with Crippen LogP contribution in [0.4, 0.5) is 5.13 Å². The minimum absolute atomic E-state index is 0.0245. The van der Waals surface area contributed by atoms with Crippen LogP contribution in [0.25, 0.3) is 0 Å². The standard InChI is InChI=1S/C11H18N4O3S2/c1-20(17,18)15-4-2-8(3-5-15)13-10(16)6-9-7-19-11(12)14-9/h7-8H,2-6H2,1H3,(H2,12,14)(H,13,16). The molecule has 20 heavy (non-hydrogen) atoms. The third kappa shape index (κ3) is 4.15. The van der Waals surface area contributed by atoms with E-state index in [9.17, 15) is 13.2 Å². The van der Waals surface area contributed by atoms with E-state index < -0.39 is 10.0 Å². The Morgan fingerprint density at radius 3 is 2.70 bits per heavy atom. The van der Waals surface area contributed by atoms with Crippen molar-refractivity contribution in [2.24, 2.45) is 0 Å². The number of nitrogen functional groups attached to an aromatic ring is 1. The number of amides is 1. The van der Waals surface area contributed by atoms with Crippen LogP contribution in [0.2, 0.25) is 0 Å². The van der Waals surface area contributed by atoms with Crippen LogP contribution in [0.1, 0.15) is 18.5 Å². The Morgan fingerprint density at radius 1 is 1.55 bits per heavy atom. The second kappa shape index (κ2) is 6.06. The van der Waals surface area contributed by atoms with Gasteiger partial charge in [-0.05, 0) is 12.8 Å². The van der Waals surface area contributed by atoms with Gasteiger partial charge in [0.15, 0.2) is 5.13 Å². The van der Waals surface area contributed by atoms with Crippen molar-refractivity contribution in [3.63, 3.8) is 0 Å². The van der Waals surface area contributed by atoms with Crippen LogP contribution in [0.5, 0.6) is 0 Å². The van der Waals surface area contributed by atoms with E-state index in [0.29, 0.717) is 36.8 Å². The van der Waals surface area contributed by atoms with Crippen LogP contribution in [0.3, 0.4) is 0 Å². The average molecular weight is 318 g/mol. The molecule has 0 unspecified atom stereocenters. The van der Waals surface area contributed by atoms with Crippen LogP contribution < -0.4 is 11.1 Å². The van der Waals surface area contributed by atoms with Crippen LogP contribution >= 0.6 is 11.3 Å². The minimum atomic E-state index is -3.13. The molecule has 1 aliphatic heterocycles. The summed E-state index contributed by atoms with van der Waals surface area (Å²) in [5, 5.41) is 5.13. The number of anilines is 1. The molecule has 112 valence electrons. The van der Waals surface area contributed by atoms with Crippen molar-refractivity contribution in [3.05, 3.63) is 11.1 Å².